The Labute approximate surface area is 170 Å². The first-order valence-corrected chi connectivity index (χ1v) is 8.78. The molecule has 2 amide bonds. The third-order valence-corrected chi connectivity index (χ3v) is 4.13. The zero-order chi connectivity index (χ0) is 20.8. The third-order valence-electron chi connectivity index (χ3n) is 3.84. The molecule has 148 valence electrons. The molecule has 0 aliphatic heterocycles. The summed E-state index contributed by atoms with van der Waals surface area (Å²) in [5.74, 6) is 0.206. The third kappa shape index (κ3) is 4.68. The zero-order valence-corrected chi connectivity index (χ0v) is 16.1. The lowest BCUT2D eigenvalue weighted by molar-refractivity contribution is 0.252. The fourth-order valence-electron chi connectivity index (χ4n) is 2.46. The van der Waals surface area contributed by atoms with Gasteiger partial charge in [-0.15, -0.1) is 0 Å². The molecule has 0 saturated heterocycles. The van der Waals surface area contributed by atoms with E-state index < -0.39 is 17.5 Å². The number of nitrogens with zero attached hydrogens (tertiary/aromatic N) is 2. The van der Waals surface area contributed by atoms with Crippen LogP contribution in [0.2, 0.25) is 0 Å². The van der Waals surface area contributed by atoms with Gasteiger partial charge in [0, 0.05) is 5.69 Å². The second-order valence-electron chi connectivity index (χ2n) is 5.72. The maximum Gasteiger partial charge on any atom is 0.339 e. The van der Waals surface area contributed by atoms with Crippen molar-refractivity contribution in [1.82, 2.24) is 15.0 Å². The van der Waals surface area contributed by atoms with Crippen molar-refractivity contribution < 1.29 is 14.6 Å². The highest BCUT2D eigenvalue weighted by Gasteiger charge is 2.13. The van der Waals surface area contributed by atoms with E-state index in [4.69, 9.17) is 17.0 Å². The van der Waals surface area contributed by atoms with Crippen LogP contribution in [0.15, 0.2) is 64.5 Å². The number of carbonyl (C=O) groups excluding carboxylic acids is 1. The highest BCUT2D eigenvalue weighted by atomic mass is 32.1. The Morgan fingerprint density at radius 2 is 1.90 bits per heavy atom. The smallest absolute Gasteiger partial charge is 0.339 e. The van der Waals surface area contributed by atoms with Gasteiger partial charge in [-0.1, -0.05) is 18.2 Å². The van der Waals surface area contributed by atoms with Gasteiger partial charge in [0.1, 0.15) is 11.3 Å². The summed E-state index contributed by atoms with van der Waals surface area (Å²) in [5, 5.41) is 16.8. The predicted octanol–water partition coefficient (Wildman–Crippen LogP) is 2.76. The second kappa shape index (κ2) is 8.85. The summed E-state index contributed by atoms with van der Waals surface area (Å²) < 4.78 is 6.37. The molecule has 2 aromatic carbocycles. The van der Waals surface area contributed by atoms with Gasteiger partial charge in [-0.25, -0.2) is 10.2 Å². The second-order valence-corrected chi connectivity index (χ2v) is 6.11. The molecule has 9 nitrogen and oxygen atoms in total. The molecule has 3 rings (SSSR count). The van der Waals surface area contributed by atoms with Crippen LogP contribution in [0.25, 0.3) is 5.69 Å². The van der Waals surface area contributed by atoms with Crippen LogP contribution >= 0.6 is 12.2 Å². The van der Waals surface area contributed by atoms with Gasteiger partial charge in [-0.2, -0.15) is 5.10 Å². The summed E-state index contributed by atoms with van der Waals surface area (Å²) >= 11 is 5.15. The Morgan fingerprint density at radius 1 is 1.21 bits per heavy atom. The van der Waals surface area contributed by atoms with Crippen LogP contribution in [0.1, 0.15) is 5.56 Å². The van der Waals surface area contributed by atoms with Crippen LogP contribution in [0, 0.1) is 4.77 Å². The number of ether oxygens (including phenoxy) is 1. The highest BCUT2D eigenvalue weighted by molar-refractivity contribution is 7.71. The van der Waals surface area contributed by atoms with Crippen LogP contribution in [-0.2, 0) is 0 Å². The zero-order valence-electron chi connectivity index (χ0n) is 15.2. The molecule has 3 aromatic rings. The number of amides is 2. The lowest BCUT2D eigenvalue weighted by Gasteiger charge is -2.11. The number of hydrogen-bond acceptors (Lipinski definition) is 6. The Balaban J connectivity index is 1.83. The molecular formula is C19H17N5O4S. The molecule has 0 saturated carbocycles. The van der Waals surface area contributed by atoms with Gasteiger partial charge < -0.3 is 15.2 Å². The molecule has 0 fully saturated rings. The fourth-order valence-corrected chi connectivity index (χ4v) is 2.75. The number of rotatable bonds is 5. The Kier molecular flexibility index (Phi) is 6.05. The summed E-state index contributed by atoms with van der Waals surface area (Å²) in [5.41, 5.74) is 2.49. The number of aromatic amines is 1. The van der Waals surface area contributed by atoms with Gasteiger partial charge in [0.15, 0.2) is 4.77 Å². The van der Waals surface area contributed by atoms with Crippen LogP contribution in [-0.4, -0.2) is 34.0 Å². The number of hydrazone groups is 1. The molecule has 29 heavy (non-hydrogen) atoms. The van der Waals surface area contributed by atoms with E-state index in [9.17, 15) is 14.7 Å². The van der Waals surface area contributed by atoms with Crippen molar-refractivity contribution >= 4 is 30.2 Å². The van der Waals surface area contributed by atoms with Crippen molar-refractivity contribution in [1.29, 1.82) is 0 Å². The Bertz CT molecular complexity index is 1150. The normalized spacial score (nSPS) is 10.7. The first kappa shape index (κ1) is 19.8. The van der Waals surface area contributed by atoms with Crippen LogP contribution in [0.4, 0.5) is 10.5 Å². The fraction of sp³-hybridized carbons (Fsp3) is 0.0526. The molecule has 0 atom stereocenters. The molecule has 0 aliphatic carbocycles. The largest absolute Gasteiger partial charge is 0.497 e. The lowest BCUT2D eigenvalue weighted by Crippen LogP contribution is -2.25. The van der Waals surface area contributed by atoms with Crippen molar-refractivity contribution in [2.45, 2.75) is 0 Å². The van der Waals surface area contributed by atoms with Crippen molar-refractivity contribution in [2.75, 3.05) is 12.4 Å². The molecular weight excluding hydrogens is 394 g/mol. The van der Waals surface area contributed by atoms with Crippen molar-refractivity contribution in [2.24, 2.45) is 5.10 Å². The van der Waals surface area contributed by atoms with Crippen LogP contribution in [0.5, 0.6) is 11.6 Å². The Morgan fingerprint density at radius 3 is 2.55 bits per heavy atom. The summed E-state index contributed by atoms with van der Waals surface area (Å²) in [7, 11) is 1.54. The predicted molar refractivity (Wildman–Crippen MR) is 112 cm³/mol. The van der Waals surface area contributed by atoms with E-state index in [-0.39, 0.29) is 10.3 Å². The topological polar surface area (TPSA) is 121 Å². The monoisotopic (exact) mass is 411 g/mol. The van der Waals surface area contributed by atoms with E-state index >= 15 is 0 Å². The number of urea groups is 1. The molecule has 4 N–H and O–H groups in total. The van der Waals surface area contributed by atoms with E-state index in [0.717, 1.165) is 6.21 Å². The first-order valence-electron chi connectivity index (χ1n) is 8.37. The minimum absolute atomic E-state index is 0.00426. The van der Waals surface area contributed by atoms with Gasteiger partial charge in [0.25, 0.3) is 5.56 Å². The van der Waals surface area contributed by atoms with Gasteiger partial charge in [-0.05, 0) is 48.6 Å². The molecule has 0 spiro atoms. The van der Waals surface area contributed by atoms with Crippen molar-refractivity contribution in [3.8, 4) is 17.3 Å². The molecule has 0 aliphatic rings. The van der Waals surface area contributed by atoms with Crippen molar-refractivity contribution in [3.05, 3.63) is 75.3 Å². The summed E-state index contributed by atoms with van der Waals surface area (Å²) in [4.78, 5) is 26.5. The SMILES string of the molecule is COc1ccc(-n2c(O)c(C=NNC(=O)Nc3ccccc3)c(=O)[nH]c2=S)cc1. The van der Waals surface area contributed by atoms with Crippen LogP contribution < -0.4 is 21.0 Å². The number of para-hydroxylation sites is 1. The number of methoxy groups -OCH3 is 1. The number of nitrogens with one attached hydrogen (secondary N) is 3. The van der Waals surface area contributed by atoms with Crippen molar-refractivity contribution in [3.63, 3.8) is 0 Å². The molecule has 1 heterocycles. The number of hydrogen-bond donors (Lipinski definition) is 4. The highest BCUT2D eigenvalue weighted by Crippen LogP contribution is 2.21. The summed E-state index contributed by atoms with van der Waals surface area (Å²) in [6.45, 7) is 0. The number of benzene rings is 2. The molecule has 10 heteroatoms. The van der Waals surface area contributed by atoms with E-state index in [1.807, 2.05) is 6.07 Å². The minimum Gasteiger partial charge on any atom is -0.497 e. The molecule has 0 unspecified atom stereocenters. The number of carbonyl (C=O) groups is 1. The van der Waals surface area contributed by atoms with Gasteiger partial charge in [-0.3, -0.25) is 14.3 Å². The van der Waals surface area contributed by atoms with E-state index in [1.54, 1.807) is 48.5 Å². The maximum atomic E-state index is 12.2. The quantitative estimate of drug-likeness (QED) is 0.292. The van der Waals surface area contributed by atoms with E-state index in [0.29, 0.717) is 17.1 Å². The maximum absolute atomic E-state index is 12.2. The van der Waals surface area contributed by atoms with Gasteiger partial charge >= 0.3 is 6.03 Å². The Hall–Kier alpha value is -3.92. The van der Waals surface area contributed by atoms with E-state index in [2.05, 4.69) is 20.8 Å². The standard InChI is InChI=1S/C19H17N5O4S/c1-28-14-9-7-13(8-10-14)24-17(26)15(16(25)22-19(24)29)11-20-23-18(27)21-12-5-3-2-4-6-12/h2-11,26H,1H3,(H2,21,23,27)(H,22,25,29). The molecule has 0 radical (unpaired) electrons. The average molecular weight is 411 g/mol. The lowest BCUT2D eigenvalue weighted by atomic mass is 10.2. The van der Waals surface area contributed by atoms with Gasteiger partial charge in [0.05, 0.1) is 19.0 Å². The average Bonchev–Trinajstić information content (AvgIpc) is 2.71. The van der Waals surface area contributed by atoms with E-state index in [1.165, 1.54) is 11.7 Å². The molecule has 0 bridgehead atoms. The first-order chi connectivity index (χ1) is 14.0. The summed E-state index contributed by atoms with van der Waals surface area (Å²) in [6, 6.07) is 14.9. The molecule has 1 aromatic heterocycles. The number of aromatic nitrogens is 2. The summed E-state index contributed by atoms with van der Waals surface area (Å²) in [6.07, 6.45) is 1.04. The number of H-pyrrole nitrogens is 1. The van der Waals surface area contributed by atoms with Gasteiger partial charge in [0.2, 0.25) is 5.88 Å². The minimum atomic E-state index is -0.647. The van der Waals surface area contributed by atoms with Crippen LogP contribution in [0.3, 0.4) is 0 Å². The number of aromatic hydroxyl groups is 1. The number of anilines is 1.